The van der Waals surface area contributed by atoms with Crippen LogP contribution in [0.5, 0.6) is 0 Å². The Morgan fingerprint density at radius 3 is 2.61 bits per heavy atom. The highest BCUT2D eigenvalue weighted by molar-refractivity contribution is 5.26. The summed E-state index contributed by atoms with van der Waals surface area (Å²) >= 11 is 0. The molecule has 1 aromatic carbocycles. The maximum Gasteiger partial charge on any atom is 0.00705 e. The van der Waals surface area contributed by atoms with Crippen LogP contribution in [-0.2, 0) is 6.42 Å². The van der Waals surface area contributed by atoms with Crippen molar-refractivity contribution in [2.75, 3.05) is 0 Å². The highest BCUT2D eigenvalue weighted by Crippen LogP contribution is 2.35. The maximum atomic E-state index is 6.34. The largest absolute Gasteiger partial charge is 0.327 e. The van der Waals surface area contributed by atoms with E-state index in [-0.39, 0.29) is 0 Å². The van der Waals surface area contributed by atoms with Crippen LogP contribution in [0.3, 0.4) is 0 Å². The molecule has 0 radical (unpaired) electrons. The Balaban J connectivity index is 2.05. The van der Waals surface area contributed by atoms with Crippen molar-refractivity contribution < 1.29 is 0 Å². The van der Waals surface area contributed by atoms with E-state index >= 15 is 0 Å². The topological polar surface area (TPSA) is 26.0 Å². The van der Waals surface area contributed by atoms with E-state index in [2.05, 4.69) is 45.0 Å². The van der Waals surface area contributed by atoms with Crippen molar-refractivity contribution in [3.8, 4) is 0 Å². The monoisotopic (exact) mass is 245 g/mol. The average Bonchev–Trinajstić information content (AvgIpc) is 2.34. The maximum absolute atomic E-state index is 6.34. The Morgan fingerprint density at radius 1 is 1.22 bits per heavy atom. The van der Waals surface area contributed by atoms with Crippen molar-refractivity contribution >= 4 is 0 Å². The third kappa shape index (κ3) is 3.14. The van der Waals surface area contributed by atoms with Gasteiger partial charge >= 0.3 is 0 Å². The molecular weight excluding hydrogens is 218 g/mol. The lowest BCUT2D eigenvalue weighted by Crippen LogP contribution is -2.38. The van der Waals surface area contributed by atoms with Crippen molar-refractivity contribution in [3.05, 3.63) is 35.4 Å². The Labute approximate surface area is 112 Å². The van der Waals surface area contributed by atoms with E-state index in [1.807, 2.05) is 0 Å². The molecule has 1 saturated carbocycles. The van der Waals surface area contributed by atoms with Crippen LogP contribution in [-0.4, -0.2) is 6.04 Å². The zero-order valence-corrected chi connectivity index (χ0v) is 12.0. The first kappa shape index (κ1) is 13.6. The summed E-state index contributed by atoms with van der Waals surface area (Å²) in [6.45, 7) is 6.92. The molecule has 2 rings (SSSR count). The van der Waals surface area contributed by atoms with Crippen LogP contribution in [0, 0.1) is 24.7 Å². The van der Waals surface area contributed by atoms with Crippen molar-refractivity contribution in [2.45, 2.75) is 52.5 Å². The van der Waals surface area contributed by atoms with Gasteiger partial charge in [-0.3, -0.25) is 0 Å². The summed E-state index contributed by atoms with van der Waals surface area (Å²) < 4.78 is 0. The molecule has 0 spiro atoms. The van der Waals surface area contributed by atoms with Gasteiger partial charge in [0.1, 0.15) is 0 Å². The van der Waals surface area contributed by atoms with Gasteiger partial charge in [0, 0.05) is 6.04 Å². The van der Waals surface area contributed by atoms with E-state index in [4.69, 9.17) is 5.73 Å². The Morgan fingerprint density at radius 2 is 1.94 bits per heavy atom. The molecule has 0 heterocycles. The summed E-state index contributed by atoms with van der Waals surface area (Å²) in [6, 6.07) is 9.15. The van der Waals surface area contributed by atoms with Crippen LogP contribution in [0.4, 0.5) is 0 Å². The van der Waals surface area contributed by atoms with Gasteiger partial charge in [0.05, 0.1) is 0 Å². The summed E-state index contributed by atoms with van der Waals surface area (Å²) in [5.41, 5.74) is 9.24. The summed E-state index contributed by atoms with van der Waals surface area (Å²) in [6.07, 6.45) is 5.01. The third-order valence-electron chi connectivity index (χ3n) is 4.77. The molecule has 1 nitrogen and oxygen atoms in total. The summed E-state index contributed by atoms with van der Waals surface area (Å²) in [5, 5.41) is 0. The lowest BCUT2D eigenvalue weighted by atomic mass is 9.72. The van der Waals surface area contributed by atoms with Crippen molar-refractivity contribution in [1.29, 1.82) is 0 Å². The predicted molar refractivity (Wildman–Crippen MR) is 78.5 cm³/mol. The normalized spacial score (nSPS) is 28.6. The van der Waals surface area contributed by atoms with Crippen molar-refractivity contribution in [2.24, 2.45) is 23.5 Å². The molecule has 0 amide bonds. The SMILES string of the molecule is Cc1ccccc1CC1CC(C(C)C)CCC1N. The van der Waals surface area contributed by atoms with E-state index in [9.17, 15) is 0 Å². The fourth-order valence-electron chi connectivity index (χ4n) is 3.29. The lowest BCUT2D eigenvalue weighted by Gasteiger charge is -2.36. The average molecular weight is 245 g/mol. The molecule has 0 saturated heterocycles. The van der Waals surface area contributed by atoms with Gasteiger partial charge in [-0.25, -0.2) is 0 Å². The van der Waals surface area contributed by atoms with Crippen LogP contribution in [0.1, 0.15) is 44.2 Å². The van der Waals surface area contributed by atoms with Gasteiger partial charge in [-0.05, 0) is 61.5 Å². The second kappa shape index (κ2) is 5.88. The van der Waals surface area contributed by atoms with Crippen LogP contribution >= 0.6 is 0 Å². The quantitative estimate of drug-likeness (QED) is 0.857. The first-order valence-corrected chi connectivity index (χ1v) is 7.38. The van der Waals surface area contributed by atoms with E-state index in [0.717, 1.165) is 18.3 Å². The molecule has 0 aromatic heterocycles. The number of hydrogen-bond acceptors (Lipinski definition) is 1. The first-order chi connectivity index (χ1) is 8.58. The molecule has 1 aromatic rings. The molecule has 0 bridgehead atoms. The Kier molecular flexibility index (Phi) is 4.45. The molecule has 1 heteroatoms. The Bertz CT molecular complexity index is 383. The minimum absolute atomic E-state index is 0.402. The van der Waals surface area contributed by atoms with Gasteiger partial charge in [-0.15, -0.1) is 0 Å². The van der Waals surface area contributed by atoms with Crippen molar-refractivity contribution in [3.63, 3.8) is 0 Å². The van der Waals surface area contributed by atoms with E-state index < -0.39 is 0 Å². The van der Waals surface area contributed by atoms with Gasteiger partial charge in [-0.1, -0.05) is 38.1 Å². The molecule has 2 N–H and O–H groups in total. The van der Waals surface area contributed by atoms with E-state index in [1.54, 1.807) is 0 Å². The summed E-state index contributed by atoms with van der Waals surface area (Å²) in [7, 11) is 0. The van der Waals surface area contributed by atoms with Gasteiger partial charge in [0.2, 0.25) is 0 Å². The third-order valence-corrected chi connectivity index (χ3v) is 4.77. The number of aryl methyl sites for hydroxylation is 1. The second-order valence-corrected chi connectivity index (χ2v) is 6.37. The molecule has 3 unspecified atom stereocenters. The fraction of sp³-hybridized carbons (Fsp3) is 0.647. The molecule has 0 aliphatic heterocycles. The number of hydrogen-bond donors (Lipinski definition) is 1. The molecule has 3 atom stereocenters. The number of nitrogens with two attached hydrogens (primary N) is 1. The van der Waals surface area contributed by atoms with E-state index in [1.165, 1.54) is 30.4 Å². The molecule has 1 aliphatic rings. The highest BCUT2D eigenvalue weighted by atomic mass is 14.7. The molecular formula is C17H27N. The van der Waals surface area contributed by atoms with Crippen LogP contribution in [0.2, 0.25) is 0 Å². The summed E-state index contributed by atoms with van der Waals surface area (Å²) in [4.78, 5) is 0. The first-order valence-electron chi connectivity index (χ1n) is 7.38. The zero-order chi connectivity index (χ0) is 13.1. The molecule has 1 fully saturated rings. The standard InChI is InChI=1S/C17H27N/c1-12(2)14-8-9-17(18)16(10-14)11-15-7-5-4-6-13(15)3/h4-7,12,14,16-17H,8-11,18H2,1-3H3. The number of benzene rings is 1. The van der Waals surface area contributed by atoms with E-state index in [0.29, 0.717) is 12.0 Å². The minimum atomic E-state index is 0.402. The van der Waals surface area contributed by atoms with Crippen LogP contribution in [0.25, 0.3) is 0 Å². The molecule has 100 valence electrons. The van der Waals surface area contributed by atoms with Gasteiger partial charge < -0.3 is 5.73 Å². The molecule has 18 heavy (non-hydrogen) atoms. The number of rotatable bonds is 3. The van der Waals surface area contributed by atoms with Crippen LogP contribution in [0.15, 0.2) is 24.3 Å². The van der Waals surface area contributed by atoms with Gasteiger partial charge in [-0.2, -0.15) is 0 Å². The minimum Gasteiger partial charge on any atom is -0.327 e. The van der Waals surface area contributed by atoms with Gasteiger partial charge in [0.25, 0.3) is 0 Å². The highest BCUT2D eigenvalue weighted by Gasteiger charge is 2.29. The lowest BCUT2D eigenvalue weighted by molar-refractivity contribution is 0.189. The predicted octanol–water partition coefficient (Wildman–Crippen LogP) is 3.94. The second-order valence-electron chi connectivity index (χ2n) is 6.37. The van der Waals surface area contributed by atoms with Crippen LogP contribution < -0.4 is 5.73 Å². The molecule has 1 aliphatic carbocycles. The van der Waals surface area contributed by atoms with Crippen molar-refractivity contribution in [1.82, 2.24) is 0 Å². The fourth-order valence-corrected chi connectivity index (χ4v) is 3.29. The Hall–Kier alpha value is -0.820. The smallest absolute Gasteiger partial charge is 0.00705 e. The summed E-state index contributed by atoms with van der Waals surface area (Å²) in [5.74, 6) is 2.35. The zero-order valence-electron chi connectivity index (χ0n) is 12.0. The van der Waals surface area contributed by atoms with Gasteiger partial charge in [0.15, 0.2) is 0 Å².